The topological polar surface area (TPSA) is 61.8 Å². The number of ether oxygens (including phenoxy) is 1. The Morgan fingerprint density at radius 2 is 2.18 bits per heavy atom. The minimum absolute atomic E-state index is 0.0918. The van der Waals surface area contributed by atoms with Crippen LogP contribution < -0.4 is 5.32 Å². The fourth-order valence-electron chi connectivity index (χ4n) is 3.07. The summed E-state index contributed by atoms with van der Waals surface area (Å²) in [7, 11) is 1.88. The third-order valence-corrected chi connectivity index (χ3v) is 4.26. The van der Waals surface area contributed by atoms with Gasteiger partial charge in [-0.15, -0.1) is 0 Å². The van der Waals surface area contributed by atoms with Crippen LogP contribution in [0.2, 0.25) is 0 Å². The van der Waals surface area contributed by atoms with Crippen LogP contribution in [0, 0.1) is 0 Å². The highest BCUT2D eigenvalue weighted by molar-refractivity contribution is 5.68. The van der Waals surface area contributed by atoms with Crippen LogP contribution in [0.25, 0.3) is 0 Å². The molecule has 1 fully saturated rings. The average Bonchev–Trinajstić information content (AvgIpc) is 2.58. The van der Waals surface area contributed by atoms with Crippen molar-refractivity contribution >= 4 is 6.09 Å². The molecule has 0 aromatic heterocycles. The first kappa shape index (κ1) is 16.8. The SMILES string of the molecule is CN[C@H](CCO)[C@H]1CCCCN1C(=O)OCc1ccccc1. The molecule has 1 aromatic rings. The summed E-state index contributed by atoms with van der Waals surface area (Å²) in [5.74, 6) is 0. The molecule has 1 saturated heterocycles. The van der Waals surface area contributed by atoms with Crippen LogP contribution in [-0.4, -0.2) is 48.4 Å². The predicted molar refractivity (Wildman–Crippen MR) is 85.5 cm³/mol. The number of carbonyl (C=O) groups excluding carboxylic acids is 1. The molecule has 0 radical (unpaired) electrons. The zero-order valence-corrected chi connectivity index (χ0v) is 13.2. The molecule has 1 amide bonds. The Labute approximate surface area is 132 Å². The molecular weight excluding hydrogens is 280 g/mol. The molecule has 122 valence electrons. The number of nitrogens with zero attached hydrogens (tertiary/aromatic N) is 1. The molecular formula is C17H26N2O3. The summed E-state index contributed by atoms with van der Waals surface area (Å²) in [5.41, 5.74) is 0.991. The summed E-state index contributed by atoms with van der Waals surface area (Å²) in [6.45, 7) is 1.14. The van der Waals surface area contributed by atoms with Gasteiger partial charge in [-0.25, -0.2) is 4.79 Å². The Morgan fingerprint density at radius 1 is 1.41 bits per heavy atom. The van der Waals surface area contributed by atoms with Gasteiger partial charge in [0.1, 0.15) is 6.61 Å². The molecule has 1 aromatic carbocycles. The molecule has 1 aliphatic rings. The molecule has 1 heterocycles. The lowest BCUT2D eigenvalue weighted by Gasteiger charge is -2.39. The summed E-state index contributed by atoms with van der Waals surface area (Å²) in [6, 6.07) is 9.91. The second-order valence-electron chi connectivity index (χ2n) is 5.70. The first-order chi connectivity index (χ1) is 10.8. The van der Waals surface area contributed by atoms with Crippen molar-refractivity contribution in [2.24, 2.45) is 0 Å². The Bertz CT molecular complexity index is 452. The van der Waals surface area contributed by atoms with Crippen LogP contribution in [0.1, 0.15) is 31.2 Å². The average molecular weight is 306 g/mol. The summed E-state index contributed by atoms with van der Waals surface area (Å²) in [6.07, 6.45) is 3.45. The van der Waals surface area contributed by atoms with E-state index in [0.717, 1.165) is 31.4 Å². The highest BCUT2D eigenvalue weighted by Gasteiger charge is 2.32. The minimum atomic E-state index is -0.258. The lowest BCUT2D eigenvalue weighted by Crippen LogP contribution is -2.54. The predicted octanol–water partition coefficient (Wildman–Crippen LogP) is 2.15. The first-order valence-electron chi connectivity index (χ1n) is 8.01. The van der Waals surface area contributed by atoms with Crippen LogP contribution in [-0.2, 0) is 11.3 Å². The van der Waals surface area contributed by atoms with Crippen LogP contribution in [0.5, 0.6) is 0 Å². The molecule has 0 saturated carbocycles. The number of aliphatic hydroxyl groups excluding tert-OH is 1. The van der Waals surface area contributed by atoms with Gasteiger partial charge in [0, 0.05) is 19.2 Å². The van der Waals surface area contributed by atoms with Gasteiger partial charge in [-0.2, -0.15) is 0 Å². The lowest BCUT2D eigenvalue weighted by molar-refractivity contribution is 0.0550. The summed E-state index contributed by atoms with van der Waals surface area (Å²) in [4.78, 5) is 14.2. The van der Waals surface area contributed by atoms with Crippen LogP contribution >= 0.6 is 0 Å². The van der Waals surface area contributed by atoms with Crippen molar-refractivity contribution in [2.75, 3.05) is 20.2 Å². The van der Waals surface area contributed by atoms with E-state index >= 15 is 0 Å². The number of likely N-dealkylation sites (tertiary alicyclic amines) is 1. The van der Waals surface area contributed by atoms with Gasteiger partial charge in [0.05, 0.1) is 6.04 Å². The lowest BCUT2D eigenvalue weighted by atomic mass is 9.94. The Morgan fingerprint density at radius 3 is 2.86 bits per heavy atom. The molecule has 1 aliphatic heterocycles. The smallest absolute Gasteiger partial charge is 0.410 e. The molecule has 2 atom stereocenters. The fourth-order valence-corrected chi connectivity index (χ4v) is 3.07. The fraction of sp³-hybridized carbons (Fsp3) is 0.588. The maximum atomic E-state index is 12.4. The Kier molecular flexibility index (Phi) is 6.68. The Hall–Kier alpha value is -1.59. The van der Waals surface area contributed by atoms with Crippen LogP contribution in [0.15, 0.2) is 30.3 Å². The van der Waals surface area contributed by atoms with E-state index in [1.165, 1.54) is 0 Å². The van der Waals surface area contributed by atoms with Gasteiger partial charge in [-0.3, -0.25) is 0 Å². The number of benzene rings is 1. The molecule has 5 heteroatoms. The number of likely N-dealkylation sites (N-methyl/N-ethyl adjacent to an activating group) is 1. The second kappa shape index (κ2) is 8.76. The molecule has 2 rings (SSSR count). The van der Waals surface area contributed by atoms with Crippen LogP contribution in [0.3, 0.4) is 0 Å². The molecule has 5 nitrogen and oxygen atoms in total. The molecule has 22 heavy (non-hydrogen) atoms. The van der Waals surface area contributed by atoms with Crippen molar-refractivity contribution in [3.05, 3.63) is 35.9 Å². The monoisotopic (exact) mass is 306 g/mol. The van der Waals surface area contributed by atoms with Crippen molar-refractivity contribution in [1.82, 2.24) is 10.2 Å². The van der Waals surface area contributed by atoms with E-state index in [1.807, 2.05) is 42.3 Å². The molecule has 0 unspecified atom stereocenters. The number of piperidine rings is 1. The zero-order chi connectivity index (χ0) is 15.8. The number of hydrogen-bond acceptors (Lipinski definition) is 4. The van der Waals surface area contributed by atoms with Gasteiger partial charge in [-0.1, -0.05) is 30.3 Å². The number of amides is 1. The van der Waals surface area contributed by atoms with Crippen molar-refractivity contribution in [1.29, 1.82) is 0 Å². The standard InChI is InChI=1S/C17H26N2O3/c1-18-15(10-12-20)16-9-5-6-11-19(16)17(21)22-13-14-7-3-2-4-8-14/h2-4,7-8,15-16,18,20H,5-6,9-13H2,1H3/t15-,16-/m1/s1. The van der Waals surface area contributed by atoms with Crippen molar-refractivity contribution in [3.63, 3.8) is 0 Å². The maximum absolute atomic E-state index is 12.4. The van der Waals surface area contributed by atoms with Gasteiger partial charge in [0.2, 0.25) is 0 Å². The molecule has 0 spiro atoms. The van der Waals surface area contributed by atoms with E-state index in [4.69, 9.17) is 4.74 Å². The molecule has 2 N–H and O–H groups in total. The van der Waals surface area contributed by atoms with E-state index < -0.39 is 0 Å². The van der Waals surface area contributed by atoms with Gasteiger partial charge in [0.15, 0.2) is 0 Å². The van der Waals surface area contributed by atoms with Crippen LogP contribution in [0.4, 0.5) is 4.79 Å². The number of rotatable bonds is 6. The van der Waals surface area contributed by atoms with Crippen molar-refractivity contribution in [3.8, 4) is 0 Å². The van der Waals surface area contributed by atoms with Crippen molar-refractivity contribution in [2.45, 2.75) is 44.4 Å². The maximum Gasteiger partial charge on any atom is 0.410 e. The third kappa shape index (κ3) is 4.45. The van der Waals surface area contributed by atoms with Gasteiger partial charge >= 0.3 is 6.09 Å². The Balaban J connectivity index is 1.95. The number of hydrogen-bond donors (Lipinski definition) is 2. The third-order valence-electron chi connectivity index (χ3n) is 4.26. The quantitative estimate of drug-likeness (QED) is 0.845. The molecule has 0 bridgehead atoms. The highest BCUT2D eigenvalue weighted by Crippen LogP contribution is 2.22. The number of nitrogens with one attached hydrogen (secondary N) is 1. The first-order valence-corrected chi connectivity index (χ1v) is 8.01. The summed E-state index contributed by atoms with van der Waals surface area (Å²) in [5, 5.41) is 12.4. The van der Waals surface area contributed by atoms with Gasteiger partial charge < -0.3 is 20.1 Å². The zero-order valence-electron chi connectivity index (χ0n) is 13.2. The highest BCUT2D eigenvalue weighted by atomic mass is 16.6. The van der Waals surface area contributed by atoms with Gasteiger partial charge in [-0.05, 0) is 38.3 Å². The number of aliphatic hydroxyl groups is 1. The van der Waals surface area contributed by atoms with Gasteiger partial charge in [0.25, 0.3) is 0 Å². The largest absolute Gasteiger partial charge is 0.445 e. The van der Waals surface area contributed by atoms with E-state index in [-0.39, 0.29) is 24.8 Å². The van der Waals surface area contributed by atoms with E-state index in [1.54, 1.807) is 0 Å². The second-order valence-corrected chi connectivity index (χ2v) is 5.70. The van der Waals surface area contributed by atoms with E-state index in [9.17, 15) is 9.90 Å². The summed E-state index contributed by atoms with van der Waals surface area (Å²) < 4.78 is 5.47. The number of carbonyl (C=O) groups is 1. The van der Waals surface area contributed by atoms with Crippen molar-refractivity contribution < 1.29 is 14.6 Å². The molecule has 0 aliphatic carbocycles. The minimum Gasteiger partial charge on any atom is -0.445 e. The summed E-state index contributed by atoms with van der Waals surface area (Å²) >= 11 is 0. The normalized spacial score (nSPS) is 19.7. The van der Waals surface area contributed by atoms with E-state index in [0.29, 0.717) is 13.0 Å². The van der Waals surface area contributed by atoms with E-state index in [2.05, 4.69) is 5.32 Å².